The van der Waals surface area contributed by atoms with Crippen molar-refractivity contribution in [1.29, 1.82) is 0 Å². The van der Waals surface area contributed by atoms with E-state index in [4.69, 9.17) is 17.3 Å². The van der Waals surface area contributed by atoms with Crippen molar-refractivity contribution in [2.24, 2.45) is 11.7 Å². The van der Waals surface area contributed by atoms with E-state index in [1.807, 2.05) is 6.92 Å². The fourth-order valence-electron chi connectivity index (χ4n) is 2.60. The highest BCUT2D eigenvalue weighted by Crippen LogP contribution is 2.41. The standard InChI is InChI=1S/C12H18ClF2N3/c1-2-18-11(9(13)7-17-18)10(16)8-3-5-12(14,15)6-4-8/h7-8,10H,2-6,16H2,1H3. The number of aryl methyl sites for hydroxylation is 1. The Morgan fingerprint density at radius 1 is 1.56 bits per heavy atom. The van der Waals surface area contributed by atoms with E-state index in [1.54, 1.807) is 10.9 Å². The Hall–Kier alpha value is -0.680. The fraction of sp³-hybridized carbons (Fsp3) is 0.750. The predicted octanol–water partition coefficient (Wildman–Crippen LogP) is 3.38. The lowest BCUT2D eigenvalue weighted by molar-refractivity contribution is -0.0486. The maximum absolute atomic E-state index is 13.1. The molecule has 1 aliphatic rings. The lowest BCUT2D eigenvalue weighted by Gasteiger charge is -2.32. The summed E-state index contributed by atoms with van der Waals surface area (Å²) >= 11 is 6.08. The average Bonchev–Trinajstić information content (AvgIpc) is 2.69. The predicted molar refractivity (Wildman–Crippen MR) is 66.7 cm³/mol. The van der Waals surface area contributed by atoms with Gasteiger partial charge < -0.3 is 5.73 Å². The van der Waals surface area contributed by atoms with Crippen molar-refractivity contribution >= 4 is 11.6 Å². The Kier molecular flexibility index (Phi) is 3.92. The van der Waals surface area contributed by atoms with Gasteiger partial charge in [-0.05, 0) is 25.7 Å². The second kappa shape index (κ2) is 5.13. The van der Waals surface area contributed by atoms with Crippen molar-refractivity contribution in [3.63, 3.8) is 0 Å². The van der Waals surface area contributed by atoms with Crippen LogP contribution in [0.3, 0.4) is 0 Å². The van der Waals surface area contributed by atoms with Gasteiger partial charge in [-0.1, -0.05) is 11.6 Å². The van der Waals surface area contributed by atoms with E-state index in [9.17, 15) is 8.78 Å². The summed E-state index contributed by atoms with van der Waals surface area (Å²) in [6, 6.07) is -0.309. The van der Waals surface area contributed by atoms with E-state index in [0.717, 1.165) is 5.69 Å². The molecule has 1 aliphatic carbocycles. The van der Waals surface area contributed by atoms with Gasteiger partial charge in [0, 0.05) is 19.4 Å². The van der Waals surface area contributed by atoms with Gasteiger partial charge in [-0.25, -0.2) is 8.78 Å². The average molecular weight is 278 g/mol. The van der Waals surface area contributed by atoms with Crippen LogP contribution < -0.4 is 5.73 Å². The first kappa shape index (κ1) is 13.7. The second-order valence-electron chi connectivity index (χ2n) is 4.91. The van der Waals surface area contributed by atoms with Crippen molar-refractivity contribution in [2.75, 3.05) is 0 Å². The monoisotopic (exact) mass is 277 g/mol. The summed E-state index contributed by atoms with van der Waals surface area (Å²) < 4.78 is 28.0. The van der Waals surface area contributed by atoms with Gasteiger partial charge in [0.15, 0.2) is 0 Å². The smallest absolute Gasteiger partial charge is 0.248 e. The van der Waals surface area contributed by atoms with Gasteiger partial charge in [0.05, 0.1) is 23.0 Å². The van der Waals surface area contributed by atoms with E-state index in [2.05, 4.69) is 5.10 Å². The molecule has 102 valence electrons. The molecule has 1 atom stereocenters. The zero-order valence-electron chi connectivity index (χ0n) is 10.4. The number of nitrogens with zero attached hydrogens (tertiary/aromatic N) is 2. The van der Waals surface area contributed by atoms with Gasteiger partial charge >= 0.3 is 0 Å². The summed E-state index contributed by atoms with van der Waals surface area (Å²) in [4.78, 5) is 0. The van der Waals surface area contributed by atoms with Crippen LogP contribution in [0, 0.1) is 5.92 Å². The highest BCUT2D eigenvalue weighted by atomic mass is 35.5. The lowest BCUT2D eigenvalue weighted by Crippen LogP contribution is -2.32. The SMILES string of the molecule is CCn1ncc(Cl)c1C(N)C1CCC(F)(F)CC1. The third kappa shape index (κ3) is 2.67. The summed E-state index contributed by atoms with van der Waals surface area (Å²) in [5, 5.41) is 4.66. The molecule has 1 aromatic heterocycles. The molecular formula is C12H18ClF2N3. The largest absolute Gasteiger partial charge is 0.322 e. The van der Waals surface area contributed by atoms with E-state index in [1.165, 1.54) is 0 Å². The van der Waals surface area contributed by atoms with Crippen LogP contribution in [0.25, 0.3) is 0 Å². The molecule has 0 aliphatic heterocycles. The summed E-state index contributed by atoms with van der Waals surface area (Å²) in [6.45, 7) is 2.63. The molecule has 0 aromatic carbocycles. The summed E-state index contributed by atoms with van der Waals surface area (Å²) in [5.74, 6) is -2.46. The topological polar surface area (TPSA) is 43.8 Å². The zero-order valence-corrected chi connectivity index (χ0v) is 11.1. The molecule has 3 nitrogen and oxygen atoms in total. The number of rotatable bonds is 3. The lowest BCUT2D eigenvalue weighted by atomic mass is 9.81. The van der Waals surface area contributed by atoms with E-state index < -0.39 is 5.92 Å². The first-order chi connectivity index (χ1) is 8.44. The van der Waals surface area contributed by atoms with E-state index in [0.29, 0.717) is 24.4 Å². The molecule has 2 N–H and O–H groups in total. The number of aromatic nitrogens is 2. The minimum atomic E-state index is -2.52. The Morgan fingerprint density at radius 3 is 2.72 bits per heavy atom. The maximum atomic E-state index is 13.1. The number of hydrogen-bond acceptors (Lipinski definition) is 2. The number of alkyl halides is 2. The molecule has 1 fully saturated rings. The Labute approximate surface area is 110 Å². The number of hydrogen-bond donors (Lipinski definition) is 1. The van der Waals surface area contributed by atoms with Gasteiger partial charge in [-0.2, -0.15) is 5.10 Å². The molecular weight excluding hydrogens is 260 g/mol. The highest BCUT2D eigenvalue weighted by molar-refractivity contribution is 6.31. The Morgan fingerprint density at radius 2 is 2.17 bits per heavy atom. The normalized spacial score (nSPS) is 22.1. The molecule has 0 amide bonds. The Balaban J connectivity index is 2.12. The highest BCUT2D eigenvalue weighted by Gasteiger charge is 2.38. The second-order valence-corrected chi connectivity index (χ2v) is 5.32. The quantitative estimate of drug-likeness (QED) is 0.920. The molecule has 1 saturated carbocycles. The molecule has 0 saturated heterocycles. The molecule has 0 bridgehead atoms. The first-order valence-corrected chi connectivity index (χ1v) is 6.67. The van der Waals surface area contributed by atoms with Gasteiger partial charge in [-0.15, -0.1) is 0 Å². The van der Waals surface area contributed by atoms with Crippen LogP contribution in [-0.2, 0) is 6.54 Å². The van der Waals surface area contributed by atoms with E-state index >= 15 is 0 Å². The van der Waals surface area contributed by atoms with Crippen LogP contribution in [0.5, 0.6) is 0 Å². The summed E-state index contributed by atoms with van der Waals surface area (Å²) in [6.07, 6.45) is 2.29. The van der Waals surface area contributed by atoms with Crippen LogP contribution in [0.4, 0.5) is 8.78 Å². The minimum Gasteiger partial charge on any atom is -0.322 e. The van der Waals surface area contributed by atoms with Crippen molar-refractivity contribution in [3.8, 4) is 0 Å². The van der Waals surface area contributed by atoms with Gasteiger partial charge in [0.2, 0.25) is 5.92 Å². The van der Waals surface area contributed by atoms with Crippen LogP contribution in [0.2, 0.25) is 5.02 Å². The minimum absolute atomic E-state index is 0.0594. The summed E-state index contributed by atoms with van der Waals surface area (Å²) in [5.41, 5.74) is 6.96. The van der Waals surface area contributed by atoms with Crippen molar-refractivity contribution in [1.82, 2.24) is 9.78 Å². The zero-order chi connectivity index (χ0) is 13.3. The van der Waals surface area contributed by atoms with Crippen molar-refractivity contribution in [3.05, 3.63) is 16.9 Å². The summed E-state index contributed by atoms with van der Waals surface area (Å²) in [7, 11) is 0. The van der Waals surface area contributed by atoms with Gasteiger partial charge in [0.25, 0.3) is 0 Å². The number of halogens is 3. The van der Waals surface area contributed by atoms with E-state index in [-0.39, 0.29) is 24.8 Å². The molecule has 6 heteroatoms. The van der Waals surface area contributed by atoms with Crippen molar-refractivity contribution < 1.29 is 8.78 Å². The number of nitrogens with two attached hydrogens (primary N) is 1. The van der Waals surface area contributed by atoms with Crippen LogP contribution in [0.15, 0.2) is 6.20 Å². The molecule has 1 unspecified atom stereocenters. The fourth-order valence-corrected chi connectivity index (χ4v) is 2.87. The molecule has 0 spiro atoms. The Bertz CT molecular complexity index is 409. The van der Waals surface area contributed by atoms with Gasteiger partial charge in [-0.3, -0.25) is 4.68 Å². The molecule has 2 rings (SSSR count). The van der Waals surface area contributed by atoms with Crippen LogP contribution in [-0.4, -0.2) is 15.7 Å². The maximum Gasteiger partial charge on any atom is 0.248 e. The third-order valence-corrected chi connectivity index (χ3v) is 4.01. The molecule has 18 heavy (non-hydrogen) atoms. The van der Waals surface area contributed by atoms with Crippen LogP contribution >= 0.6 is 11.6 Å². The molecule has 0 radical (unpaired) electrons. The third-order valence-electron chi connectivity index (χ3n) is 3.72. The van der Waals surface area contributed by atoms with Gasteiger partial charge in [0.1, 0.15) is 0 Å². The van der Waals surface area contributed by atoms with Crippen molar-refractivity contribution in [2.45, 2.75) is 51.1 Å². The molecule has 1 heterocycles. The first-order valence-electron chi connectivity index (χ1n) is 6.29. The molecule has 1 aromatic rings. The van der Waals surface area contributed by atoms with Crippen LogP contribution in [0.1, 0.15) is 44.3 Å².